The molecule has 2 fully saturated rings. The van der Waals surface area contributed by atoms with Crippen LogP contribution in [0, 0.1) is 6.92 Å². The molecule has 1 atom stereocenters. The Balaban J connectivity index is 1.09. The van der Waals surface area contributed by atoms with Crippen molar-refractivity contribution >= 4 is 45.0 Å². The fourth-order valence-electron chi connectivity index (χ4n) is 5.34. The normalized spacial score (nSPS) is 17.3. The summed E-state index contributed by atoms with van der Waals surface area (Å²) in [5, 5.41) is 6.46. The number of rotatable bonds is 8. The molecule has 4 heterocycles. The zero-order valence-electron chi connectivity index (χ0n) is 23.5. The summed E-state index contributed by atoms with van der Waals surface area (Å²) in [6.07, 6.45) is 1.85. The first-order chi connectivity index (χ1) is 20.8. The molecule has 0 saturated carbocycles. The quantitative estimate of drug-likeness (QED) is 0.279. The van der Waals surface area contributed by atoms with Crippen molar-refractivity contribution in [3.05, 3.63) is 82.9 Å². The Kier molecular flexibility index (Phi) is 7.98. The highest BCUT2D eigenvalue weighted by Gasteiger charge is 2.52. The number of thiophene rings is 1. The number of hydrogen-bond acceptors (Lipinski definition) is 9. The van der Waals surface area contributed by atoms with Gasteiger partial charge in [-0.25, -0.2) is 4.98 Å². The van der Waals surface area contributed by atoms with Gasteiger partial charge in [0.15, 0.2) is 5.79 Å². The van der Waals surface area contributed by atoms with Gasteiger partial charge in [0, 0.05) is 33.1 Å². The lowest BCUT2D eigenvalue weighted by Gasteiger charge is -2.24. The Morgan fingerprint density at radius 3 is 2.63 bits per heavy atom. The third-order valence-corrected chi connectivity index (χ3v) is 8.60. The molecule has 12 heteroatoms. The molecule has 6 rings (SSSR count). The number of carbonyl (C=O) groups is 3. The first kappa shape index (κ1) is 28.6. The van der Waals surface area contributed by atoms with E-state index < -0.39 is 23.6 Å². The second kappa shape index (κ2) is 12.0. The van der Waals surface area contributed by atoms with E-state index in [4.69, 9.17) is 19.9 Å². The SMILES string of the molecule is Cc1cc(C(=O)NCC(=O)N2CC3(CC2C(=O)NCc2cc4c(N)nccc4s2)OCCO3)ccc1Oc1ccccc1. The van der Waals surface area contributed by atoms with Crippen LogP contribution >= 0.6 is 11.3 Å². The minimum atomic E-state index is -1.04. The molecule has 0 bridgehead atoms. The molecule has 2 aromatic carbocycles. The maximum atomic E-state index is 13.4. The lowest BCUT2D eigenvalue weighted by atomic mass is 10.1. The molecule has 11 nitrogen and oxygen atoms in total. The molecule has 3 amide bonds. The van der Waals surface area contributed by atoms with E-state index in [9.17, 15) is 14.4 Å². The molecule has 0 aliphatic carbocycles. The maximum Gasteiger partial charge on any atom is 0.251 e. The van der Waals surface area contributed by atoms with Gasteiger partial charge in [0.05, 0.1) is 32.8 Å². The summed E-state index contributed by atoms with van der Waals surface area (Å²) >= 11 is 1.51. The molecule has 0 radical (unpaired) electrons. The molecule has 43 heavy (non-hydrogen) atoms. The fraction of sp³-hybridized carbons (Fsp3) is 0.290. The second-order valence-electron chi connectivity index (χ2n) is 10.5. The van der Waals surface area contributed by atoms with Gasteiger partial charge in [-0.15, -0.1) is 11.3 Å². The number of nitrogen functional groups attached to an aromatic ring is 1. The molecule has 2 aliphatic rings. The van der Waals surface area contributed by atoms with Crippen molar-refractivity contribution < 1.29 is 28.6 Å². The van der Waals surface area contributed by atoms with Crippen molar-refractivity contribution in [3.63, 3.8) is 0 Å². The van der Waals surface area contributed by atoms with E-state index in [1.807, 2.05) is 49.4 Å². The topological polar surface area (TPSA) is 145 Å². The van der Waals surface area contributed by atoms with E-state index in [-0.39, 0.29) is 32.0 Å². The van der Waals surface area contributed by atoms with Crippen LogP contribution in [0.2, 0.25) is 0 Å². The Hall–Kier alpha value is -4.52. The number of amides is 3. The van der Waals surface area contributed by atoms with E-state index in [1.54, 1.807) is 24.4 Å². The first-order valence-corrected chi connectivity index (χ1v) is 14.7. The smallest absolute Gasteiger partial charge is 0.251 e. The monoisotopic (exact) mass is 601 g/mol. The predicted octanol–water partition coefficient (Wildman–Crippen LogP) is 3.37. The summed E-state index contributed by atoms with van der Waals surface area (Å²) in [5.41, 5.74) is 7.13. The Morgan fingerprint density at radius 2 is 1.88 bits per heavy atom. The number of anilines is 1. The number of likely N-dealkylation sites (tertiary alicyclic amines) is 1. The van der Waals surface area contributed by atoms with Crippen molar-refractivity contribution in [3.8, 4) is 11.5 Å². The summed E-state index contributed by atoms with van der Waals surface area (Å²) < 4.78 is 18.5. The van der Waals surface area contributed by atoms with E-state index >= 15 is 0 Å². The summed E-state index contributed by atoms with van der Waals surface area (Å²) in [4.78, 5) is 46.1. The lowest BCUT2D eigenvalue weighted by molar-refractivity contribution is -0.152. The van der Waals surface area contributed by atoms with Gasteiger partial charge in [-0.3, -0.25) is 14.4 Å². The molecule has 4 aromatic rings. The van der Waals surface area contributed by atoms with Crippen molar-refractivity contribution in [1.82, 2.24) is 20.5 Å². The van der Waals surface area contributed by atoms with Crippen LogP contribution in [0.3, 0.4) is 0 Å². The molecule has 222 valence electrons. The van der Waals surface area contributed by atoms with Gasteiger partial charge in [-0.05, 0) is 55.0 Å². The van der Waals surface area contributed by atoms with E-state index in [0.29, 0.717) is 36.1 Å². The van der Waals surface area contributed by atoms with Crippen LogP contribution in [0.5, 0.6) is 11.5 Å². The number of hydrogen-bond donors (Lipinski definition) is 3. The van der Waals surface area contributed by atoms with E-state index in [1.165, 1.54) is 16.2 Å². The average Bonchev–Trinajstić information content (AvgIpc) is 3.75. The largest absolute Gasteiger partial charge is 0.457 e. The standard InChI is InChI=1S/C31H31N5O6S/c1-19-13-20(7-8-25(19)42-21-5-3-2-4-6-21)29(38)35-17-27(37)36-18-31(40-11-12-41-31)15-24(36)30(39)34-16-22-14-23-26(43-22)9-10-33-28(23)32/h2-10,13-14,24H,11-12,15-18H2,1H3,(H2,32,33)(H,34,39)(H,35,38). The molecule has 2 saturated heterocycles. The zero-order valence-corrected chi connectivity index (χ0v) is 24.3. The molecule has 1 unspecified atom stereocenters. The highest BCUT2D eigenvalue weighted by atomic mass is 32.1. The molecular formula is C31H31N5O6S. The number of aromatic nitrogens is 1. The third-order valence-electron chi connectivity index (χ3n) is 7.50. The maximum absolute atomic E-state index is 13.4. The van der Waals surface area contributed by atoms with Crippen molar-refractivity contribution in [2.45, 2.75) is 31.7 Å². The van der Waals surface area contributed by atoms with Gasteiger partial charge >= 0.3 is 0 Å². The Bertz CT molecular complexity index is 1670. The molecule has 2 aromatic heterocycles. The molecule has 2 aliphatic heterocycles. The summed E-state index contributed by atoms with van der Waals surface area (Å²) in [5.74, 6) is -0.436. The molecular weight excluding hydrogens is 570 g/mol. The van der Waals surface area contributed by atoms with Crippen LogP contribution < -0.4 is 21.1 Å². The number of fused-ring (bicyclic) bond motifs is 1. The van der Waals surface area contributed by atoms with Crippen LogP contribution in [-0.2, 0) is 25.6 Å². The minimum absolute atomic E-state index is 0.0928. The number of carbonyl (C=O) groups excluding carboxylic acids is 3. The first-order valence-electron chi connectivity index (χ1n) is 13.9. The van der Waals surface area contributed by atoms with Gasteiger partial charge in [0.25, 0.3) is 5.91 Å². The van der Waals surface area contributed by atoms with Gasteiger partial charge in [0.1, 0.15) is 23.4 Å². The fourth-order valence-corrected chi connectivity index (χ4v) is 6.34. The number of ether oxygens (including phenoxy) is 3. The van der Waals surface area contributed by atoms with Crippen LogP contribution in [0.4, 0.5) is 5.82 Å². The van der Waals surface area contributed by atoms with Crippen LogP contribution in [-0.4, -0.2) is 65.7 Å². The van der Waals surface area contributed by atoms with Crippen molar-refractivity contribution in [1.29, 1.82) is 0 Å². The lowest BCUT2D eigenvalue weighted by Crippen LogP contribution is -2.49. The van der Waals surface area contributed by atoms with E-state index in [2.05, 4.69) is 15.6 Å². The number of pyridine rings is 1. The van der Waals surface area contributed by atoms with E-state index in [0.717, 1.165) is 20.5 Å². The number of benzene rings is 2. The van der Waals surface area contributed by atoms with Crippen LogP contribution in [0.25, 0.3) is 10.1 Å². The Labute approximate surface area is 251 Å². The summed E-state index contributed by atoms with van der Waals surface area (Å²) in [7, 11) is 0. The van der Waals surface area contributed by atoms with Gasteiger partial charge in [-0.2, -0.15) is 0 Å². The van der Waals surface area contributed by atoms with Gasteiger partial charge in [0.2, 0.25) is 11.8 Å². The number of nitrogens with two attached hydrogens (primary N) is 1. The van der Waals surface area contributed by atoms with Crippen LogP contribution in [0.15, 0.2) is 66.9 Å². The number of para-hydroxylation sites is 1. The zero-order chi connectivity index (χ0) is 30.0. The number of nitrogens with zero attached hydrogens (tertiary/aromatic N) is 2. The third kappa shape index (κ3) is 6.17. The second-order valence-corrected chi connectivity index (χ2v) is 11.6. The highest BCUT2D eigenvalue weighted by molar-refractivity contribution is 7.19. The predicted molar refractivity (Wildman–Crippen MR) is 161 cm³/mol. The Morgan fingerprint density at radius 1 is 1.09 bits per heavy atom. The van der Waals surface area contributed by atoms with Crippen molar-refractivity contribution in [2.24, 2.45) is 0 Å². The number of nitrogens with one attached hydrogen (secondary N) is 2. The molecule has 4 N–H and O–H groups in total. The van der Waals surface area contributed by atoms with Crippen molar-refractivity contribution in [2.75, 3.05) is 32.0 Å². The molecule has 1 spiro atoms. The van der Waals surface area contributed by atoms with Gasteiger partial charge < -0.3 is 35.5 Å². The van der Waals surface area contributed by atoms with Crippen LogP contribution in [0.1, 0.15) is 27.2 Å². The average molecular weight is 602 g/mol. The highest BCUT2D eigenvalue weighted by Crippen LogP contribution is 2.35. The minimum Gasteiger partial charge on any atom is -0.457 e. The number of aryl methyl sites for hydroxylation is 1. The summed E-state index contributed by atoms with van der Waals surface area (Å²) in [6, 6.07) is 17.4. The summed E-state index contributed by atoms with van der Waals surface area (Å²) in [6.45, 7) is 2.68. The van der Waals surface area contributed by atoms with Gasteiger partial charge in [-0.1, -0.05) is 18.2 Å².